The second-order valence-corrected chi connectivity index (χ2v) is 6.90. The van der Waals surface area contributed by atoms with Gasteiger partial charge in [-0.25, -0.2) is 4.98 Å². The van der Waals surface area contributed by atoms with Crippen LogP contribution in [0.1, 0.15) is 38.3 Å². The van der Waals surface area contributed by atoms with E-state index in [-0.39, 0.29) is 6.10 Å². The summed E-state index contributed by atoms with van der Waals surface area (Å²) in [5, 5.41) is 8.12. The molecule has 0 aliphatic carbocycles. The molecule has 5 nitrogen and oxygen atoms in total. The minimum absolute atomic E-state index is 0.287. The van der Waals surface area contributed by atoms with Crippen LogP contribution in [0.3, 0.4) is 0 Å². The summed E-state index contributed by atoms with van der Waals surface area (Å²) < 4.78 is 7.64. The molecule has 5 heteroatoms. The SMILES string of the molecule is CC(C)c1cc(NC[C@H]2CCCO2)n2ncc(-c3ccccc3)c2n1. The fraction of sp³-hybridized carbons (Fsp3) is 0.400. The lowest BCUT2D eigenvalue weighted by atomic mass is 10.1. The van der Waals surface area contributed by atoms with Gasteiger partial charge < -0.3 is 10.1 Å². The number of nitrogens with zero attached hydrogens (tertiary/aromatic N) is 3. The van der Waals surface area contributed by atoms with E-state index in [1.165, 1.54) is 0 Å². The van der Waals surface area contributed by atoms with Gasteiger partial charge in [0.25, 0.3) is 0 Å². The lowest BCUT2D eigenvalue weighted by Gasteiger charge is -2.15. The fourth-order valence-corrected chi connectivity index (χ4v) is 3.25. The first kappa shape index (κ1) is 16.1. The molecule has 0 spiro atoms. The van der Waals surface area contributed by atoms with Crippen LogP contribution in [0, 0.1) is 0 Å². The number of fused-ring (bicyclic) bond motifs is 1. The summed E-state index contributed by atoms with van der Waals surface area (Å²) in [5.74, 6) is 1.33. The van der Waals surface area contributed by atoms with Crippen molar-refractivity contribution in [1.29, 1.82) is 0 Å². The molecule has 1 aromatic carbocycles. The first-order valence-corrected chi connectivity index (χ1v) is 9.02. The minimum atomic E-state index is 0.287. The van der Waals surface area contributed by atoms with Crippen LogP contribution in [-0.2, 0) is 4.74 Å². The Morgan fingerprint density at radius 3 is 2.84 bits per heavy atom. The third-order valence-electron chi connectivity index (χ3n) is 4.70. The molecule has 2 aromatic heterocycles. The lowest BCUT2D eigenvalue weighted by molar-refractivity contribution is 0.120. The van der Waals surface area contributed by atoms with E-state index in [9.17, 15) is 0 Å². The van der Waals surface area contributed by atoms with Gasteiger partial charge >= 0.3 is 0 Å². The second-order valence-electron chi connectivity index (χ2n) is 6.90. The van der Waals surface area contributed by atoms with Crippen molar-refractivity contribution < 1.29 is 4.74 Å². The normalized spacial score (nSPS) is 17.5. The van der Waals surface area contributed by atoms with E-state index in [1.54, 1.807) is 0 Å². The average Bonchev–Trinajstić information content (AvgIpc) is 3.29. The Morgan fingerprint density at radius 1 is 1.28 bits per heavy atom. The molecular formula is C20H24N4O. The summed E-state index contributed by atoms with van der Waals surface area (Å²) in [6.45, 7) is 6.01. The Labute approximate surface area is 148 Å². The molecule has 0 amide bonds. The van der Waals surface area contributed by atoms with Crippen LogP contribution in [0.2, 0.25) is 0 Å². The van der Waals surface area contributed by atoms with Gasteiger partial charge in [-0.1, -0.05) is 44.2 Å². The molecule has 0 bridgehead atoms. The highest BCUT2D eigenvalue weighted by Crippen LogP contribution is 2.27. The zero-order valence-electron chi connectivity index (χ0n) is 14.8. The Hall–Kier alpha value is -2.40. The smallest absolute Gasteiger partial charge is 0.165 e. The maximum atomic E-state index is 5.73. The molecule has 3 heterocycles. The standard InChI is InChI=1S/C20H24N4O/c1-14(2)18-11-19(21-12-16-9-6-10-25-16)24-20(23-18)17(13-22-24)15-7-4-3-5-8-15/h3-5,7-8,11,13-14,16,21H,6,9-10,12H2,1-2H3/t16-/m1/s1. The molecule has 0 saturated carbocycles. The summed E-state index contributed by atoms with van der Waals surface area (Å²) in [4.78, 5) is 4.88. The van der Waals surface area contributed by atoms with E-state index in [0.29, 0.717) is 5.92 Å². The van der Waals surface area contributed by atoms with Gasteiger partial charge in [-0.05, 0) is 24.3 Å². The number of ether oxygens (including phenoxy) is 1. The van der Waals surface area contributed by atoms with E-state index < -0.39 is 0 Å². The van der Waals surface area contributed by atoms with Crippen molar-refractivity contribution in [3.8, 4) is 11.1 Å². The number of rotatable bonds is 5. The molecule has 1 N–H and O–H groups in total. The summed E-state index contributed by atoms with van der Waals surface area (Å²) in [6.07, 6.45) is 4.45. The van der Waals surface area contributed by atoms with Crippen molar-refractivity contribution in [2.24, 2.45) is 0 Å². The van der Waals surface area contributed by atoms with Gasteiger partial charge in [0.2, 0.25) is 0 Å². The largest absolute Gasteiger partial charge is 0.376 e. The van der Waals surface area contributed by atoms with Crippen LogP contribution in [0.15, 0.2) is 42.6 Å². The number of nitrogens with one attached hydrogen (secondary N) is 1. The van der Waals surface area contributed by atoms with E-state index in [2.05, 4.69) is 42.5 Å². The molecule has 25 heavy (non-hydrogen) atoms. The van der Waals surface area contributed by atoms with E-state index >= 15 is 0 Å². The molecule has 1 atom stereocenters. The topological polar surface area (TPSA) is 51.5 Å². The number of hydrogen-bond donors (Lipinski definition) is 1. The van der Waals surface area contributed by atoms with Gasteiger partial charge in [-0.2, -0.15) is 9.61 Å². The third-order valence-corrected chi connectivity index (χ3v) is 4.70. The second kappa shape index (κ2) is 6.84. The molecule has 4 rings (SSSR count). The van der Waals surface area contributed by atoms with Crippen LogP contribution in [0.25, 0.3) is 16.8 Å². The first-order chi connectivity index (χ1) is 12.2. The lowest BCUT2D eigenvalue weighted by Crippen LogP contribution is -2.20. The predicted octanol–water partition coefficient (Wildman–Crippen LogP) is 4.11. The maximum absolute atomic E-state index is 5.73. The average molecular weight is 336 g/mol. The molecule has 1 aliphatic heterocycles. The Balaban J connectivity index is 1.75. The molecule has 0 radical (unpaired) electrons. The molecule has 0 unspecified atom stereocenters. The van der Waals surface area contributed by atoms with Crippen molar-refractivity contribution in [3.05, 3.63) is 48.3 Å². The summed E-state index contributed by atoms with van der Waals surface area (Å²) in [5.41, 5.74) is 4.16. The fourth-order valence-electron chi connectivity index (χ4n) is 3.25. The highest BCUT2D eigenvalue weighted by Gasteiger charge is 2.18. The molecule has 130 valence electrons. The van der Waals surface area contributed by atoms with Crippen LogP contribution in [0.4, 0.5) is 5.82 Å². The van der Waals surface area contributed by atoms with Gasteiger partial charge in [0.05, 0.1) is 12.3 Å². The first-order valence-electron chi connectivity index (χ1n) is 9.02. The van der Waals surface area contributed by atoms with E-state index in [4.69, 9.17) is 9.72 Å². The number of benzene rings is 1. The molecule has 1 aliphatic rings. The van der Waals surface area contributed by atoms with Gasteiger partial charge in [-0.3, -0.25) is 0 Å². The zero-order chi connectivity index (χ0) is 17.2. The van der Waals surface area contributed by atoms with Crippen molar-refractivity contribution in [3.63, 3.8) is 0 Å². The predicted molar refractivity (Wildman–Crippen MR) is 100.0 cm³/mol. The molecule has 3 aromatic rings. The highest BCUT2D eigenvalue weighted by molar-refractivity contribution is 5.78. The summed E-state index contributed by atoms with van der Waals surface area (Å²) >= 11 is 0. The number of anilines is 1. The van der Waals surface area contributed by atoms with Crippen molar-refractivity contribution in [2.45, 2.75) is 38.7 Å². The Morgan fingerprint density at radius 2 is 2.12 bits per heavy atom. The van der Waals surface area contributed by atoms with Crippen LogP contribution < -0.4 is 5.32 Å². The number of aromatic nitrogens is 3. The van der Waals surface area contributed by atoms with Crippen molar-refractivity contribution >= 4 is 11.5 Å². The maximum Gasteiger partial charge on any atom is 0.165 e. The van der Waals surface area contributed by atoms with Crippen LogP contribution in [-0.4, -0.2) is 33.9 Å². The Bertz CT molecular complexity index is 851. The van der Waals surface area contributed by atoms with Crippen molar-refractivity contribution in [2.75, 3.05) is 18.5 Å². The van der Waals surface area contributed by atoms with Gasteiger partial charge in [0, 0.05) is 30.5 Å². The van der Waals surface area contributed by atoms with Gasteiger partial charge in [-0.15, -0.1) is 0 Å². The molecule has 1 fully saturated rings. The monoisotopic (exact) mass is 336 g/mol. The quantitative estimate of drug-likeness (QED) is 0.762. The zero-order valence-corrected chi connectivity index (χ0v) is 14.8. The molecule has 1 saturated heterocycles. The van der Waals surface area contributed by atoms with E-state index in [0.717, 1.165) is 54.3 Å². The summed E-state index contributed by atoms with van der Waals surface area (Å²) in [7, 11) is 0. The Kier molecular flexibility index (Phi) is 4.40. The molecular weight excluding hydrogens is 312 g/mol. The third kappa shape index (κ3) is 3.24. The van der Waals surface area contributed by atoms with Gasteiger partial charge in [0.15, 0.2) is 5.65 Å². The summed E-state index contributed by atoms with van der Waals surface area (Å²) in [6, 6.07) is 12.4. The van der Waals surface area contributed by atoms with Gasteiger partial charge in [0.1, 0.15) is 5.82 Å². The van der Waals surface area contributed by atoms with Crippen molar-refractivity contribution in [1.82, 2.24) is 14.6 Å². The van der Waals surface area contributed by atoms with Crippen LogP contribution in [0.5, 0.6) is 0 Å². The number of hydrogen-bond acceptors (Lipinski definition) is 4. The minimum Gasteiger partial charge on any atom is -0.376 e. The highest BCUT2D eigenvalue weighted by atomic mass is 16.5. The van der Waals surface area contributed by atoms with Crippen LogP contribution >= 0.6 is 0 Å². The van der Waals surface area contributed by atoms with E-state index in [1.807, 2.05) is 28.9 Å².